The van der Waals surface area contributed by atoms with Gasteiger partial charge in [0.15, 0.2) is 0 Å². The molecule has 0 saturated heterocycles. The van der Waals surface area contributed by atoms with Crippen LogP contribution in [0.3, 0.4) is 0 Å². The molecule has 1 N–H and O–H groups in total. The minimum Gasteiger partial charge on any atom is -0.346 e. The first kappa shape index (κ1) is 14.9. The van der Waals surface area contributed by atoms with Gasteiger partial charge in [0.25, 0.3) is 0 Å². The fourth-order valence-corrected chi connectivity index (χ4v) is 3.30. The van der Waals surface area contributed by atoms with Crippen LogP contribution in [0.2, 0.25) is 0 Å². The van der Waals surface area contributed by atoms with Gasteiger partial charge in [-0.2, -0.15) is 0 Å². The summed E-state index contributed by atoms with van der Waals surface area (Å²) in [6.45, 7) is 6.40. The molecule has 0 saturated carbocycles. The number of benzene rings is 2. The molecule has 0 spiro atoms. The van der Waals surface area contributed by atoms with Gasteiger partial charge in [0, 0.05) is 0 Å². The van der Waals surface area contributed by atoms with Crippen LogP contribution in [-0.2, 0) is 0 Å². The third kappa shape index (κ3) is 2.56. The van der Waals surface area contributed by atoms with Crippen LogP contribution >= 0.6 is 0 Å². The maximum absolute atomic E-state index is 4.19. The van der Waals surface area contributed by atoms with Crippen molar-refractivity contribution >= 4 is 5.95 Å². The molecule has 0 radical (unpaired) electrons. The quantitative estimate of drug-likeness (QED) is 0.781. The van der Waals surface area contributed by atoms with Gasteiger partial charge >= 0.3 is 0 Å². The lowest BCUT2D eigenvalue weighted by Gasteiger charge is -2.31. The summed E-state index contributed by atoms with van der Waals surface area (Å²) in [7, 11) is 0. The topological polar surface area (TPSA) is 55.6 Å². The summed E-state index contributed by atoms with van der Waals surface area (Å²) < 4.78 is 1.89. The molecule has 2 atom stereocenters. The minimum atomic E-state index is 0.142. The van der Waals surface area contributed by atoms with Crippen molar-refractivity contribution in [1.82, 2.24) is 20.2 Å². The van der Waals surface area contributed by atoms with E-state index in [2.05, 4.69) is 84.1 Å². The molecular formula is C19H21N5. The van der Waals surface area contributed by atoms with E-state index in [4.69, 9.17) is 0 Å². The van der Waals surface area contributed by atoms with E-state index in [9.17, 15) is 0 Å². The molecule has 3 aromatic rings. The smallest absolute Gasteiger partial charge is 0.243 e. The zero-order valence-electron chi connectivity index (χ0n) is 14.2. The van der Waals surface area contributed by atoms with Crippen LogP contribution in [0.15, 0.2) is 42.5 Å². The van der Waals surface area contributed by atoms with E-state index >= 15 is 0 Å². The van der Waals surface area contributed by atoms with E-state index in [1.165, 1.54) is 27.8 Å². The van der Waals surface area contributed by atoms with Gasteiger partial charge in [-0.25, -0.2) is 4.68 Å². The zero-order chi connectivity index (χ0) is 16.7. The number of nitrogens with one attached hydrogen (secondary N) is 1. The summed E-state index contributed by atoms with van der Waals surface area (Å²) >= 11 is 0. The van der Waals surface area contributed by atoms with Crippen molar-refractivity contribution in [2.45, 2.75) is 39.3 Å². The third-order valence-corrected chi connectivity index (χ3v) is 4.95. The van der Waals surface area contributed by atoms with Crippen LogP contribution in [0.4, 0.5) is 5.95 Å². The predicted molar refractivity (Wildman–Crippen MR) is 94.0 cm³/mol. The average molecular weight is 319 g/mol. The highest BCUT2D eigenvalue weighted by Gasteiger charge is 2.30. The van der Waals surface area contributed by atoms with Crippen molar-refractivity contribution in [2.24, 2.45) is 0 Å². The van der Waals surface area contributed by atoms with Crippen molar-refractivity contribution in [3.05, 3.63) is 70.3 Å². The summed E-state index contributed by atoms with van der Waals surface area (Å²) in [5, 5.41) is 15.7. The Morgan fingerprint density at radius 1 is 0.958 bits per heavy atom. The molecule has 5 heteroatoms. The van der Waals surface area contributed by atoms with Gasteiger partial charge in [-0.3, -0.25) is 0 Å². The number of nitrogens with zero attached hydrogens (tertiary/aromatic N) is 4. The van der Waals surface area contributed by atoms with Gasteiger partial charge in [0.2, 0.25) is 5.95 Å². The van der Waals surface area contributed by atoms with Crippen molar-refractivity contribution in [3.63, 3.8) is 0 Å². The molecule has 5 nitrogen and oxygen atoms in total. The van der Waals surface area contributed by atoms with Crippen LogP contribution in [0, 0.1) is 20.8 Å². The maximum Gasteiger partial charge on any atom is 0.243 e. The summed E-state index contributed by atoms with van der Waals surface area (Å²) in [5.74, 6) is 0.732. The number of hydrogen-bond acceptors (Lipinski definition) is 4. The molecule has 0 aliphatic carbocycles. The molecule has 0 unspecified atom stereocenters. The SMILES string of the molecule is Cc1ccc([C@@H]2C[C@H](c3ccc(C)c(C)c3)Nc3nnnn32)cc1. The number of aromatic nitrogens is 4. The van der Waals surface area contributed by atoms with Crippen molar-refractivity contribution in [2.75, 3.05) is 5.32 Å². The monoisotopic (exact) mass is 319 g/mol. The van der Waals surface area contributed by atoms with Crippen molar-refractivity contribution in [3.8, 4) is 0 Å². The highest BCUT2D eigenvalue weighted by atomic mass is 15.6. The Kier molecular flexibility index (Phi) is 3.56. The first-order chi connectivity index (χ1) is 11.6. The predicted octanol–water partition coefficient (Wildman–Crippen LogP) is 3.74. The second-order valence-electron chi connectivity index (χ2n) is 6.65. The summed E-state index contributed by atoms with van der Waals surface area (Å²) in [4.78, 5) is 0. The van der Waals surface area contributed by atoms with Gasteiger partial charge in [-0.15, -0.1) is 0 Å². The molecule has 1 aromatic heterocycles. The van der Waals surface area contributed by atoms with Gasteiger partial charge < -0.3 is 5.32 Å². The van der Waals surface area contributed by atoms with Crippen LogP contribution < -0.4 is 5.32 Å². The van der Waals surface area contributed by atoms with Gasteiger partial charge in [-0.1, -0.05) is 53.1 Å². The van der Waals surface area contributed by atoms with Crippen LogP contribution in [0.1, 0.15) is 46.3 Å². The largest absolute Gasteiger partial charge is 0.346 e. The van der Waals surface area contributed by atoms with E-state index < -0.39 is 0 Å². The molecular weight excluding hydrogens is 298 g/mol. The third-order valence-electron chi connectivity index (χ3n) is 4.95. The lowest BCUT2D eigenvalue weighted by atomic mass is 9.91. The Labute approximate surface area is 141 Å². The molecule has 0 fully saturated rings. The van der Waals surface area contributed by atoms with E-state index in [1.54, 1.807) is 0 Å². The number of rotatable bonds is 2. The highest BCUT2D eigenvalue weighted by Crippen LogP contribution is 2.37. The average Bonchev–Trinajstić information content (AvgIpc) is 3.06. The highest BCUT2D eigenvalue weighted by molar-refractivity contribution is 5.40. The number of tetrazole rings is 1. The summed E-state index contributed by atoms with van der Waals surface area (Å²) in [6, 6.07) is 15.6. The Balaban J connectivity index is 1.72. The molecule has 1 aliphatic rings. The Hall–Kier alpha value is -2.69. The fraction of sp³-hybridized carbons (Fsp3) is 0.316. The van der Waals surface area contributed by atoms with Crippen LogP contribution in [0.5, 0.6) is 0 Å². The molecule has 24 heavy (non-hydrogen) atoms. The number of aryl methyl sites for hydroxylation is 3. The second-order valence-corrected chi connectivity index (χ2v) is 6.65. The fourth-order valence-electron chi connectivity index (χ4n) is 3.30. The summed E-state index contributed by atoms with van der Waals surface area (Å²) in [5.41, 5.74) is 6.41. The second kappa shape index (κ2) is 5.74. The minimum absolute atomic E-state index is 0.142. The molecule has 122 valence electrons. The summed E-state index contributed by atoms with van der Waals surface area (Å²) in [6.07, 6.45) is 0.920. The maximum atomic E-state index is 4.19. The molecule has 2 heterocycles. The number of hydrogen-bond donors (Lipinski definition) is 1. The molecule has 2 aromatic carbocycles. The Bertz CT molecular complexity index is 866. The van der Waals surface area contributed by atoms with Crippen molar-refractivity contribution < 1.29 is 0 Å². The first-order valence-electron chi connectivity index (χ1n) is 8.30. The van der Waals surface area contributed by atoms with Gasteiger partial charge in [-0.05, 0) is 59.9 Å². The molecule has 4 rings (SSSR count). The molecule has 0 bridgehead atoms. The van der Waals surface area contributed by atoms with E-state index in [0.717, 1.165) is 12.4 Å². The van der Waals surface area contributed by atoms with Gasteiger partial charge in [0.1, 0.15) is 0 Å². The lowest BCUT2D eigenvalue weighted by Crippen LogP contribution is -2.28. The van der Waals surface area contributed by atoms with Crippen LogP contribution in [0.25, 0.3) is 0 Å². The van der Waals surface area contributed by atoms with Gasteiger partial charge in [0.05, 0.1) is 12.1 Å². The van der Waals surface area contributed by atoms with E-state index in [1.807, 2.05) is 4.68 Å². The Morgan fingerprint density at radius 2 is 1.71 bits per heavy atom. The normalized spacial score (nSPS) is 19.6. The molecule has 1 aliphatic heterocycles. The Morgan fingerprint density at radius 3 is 2.46 bits per heavy atom. The standard InChI is InChI=1S/C19H21N5/c1-12-4-7-15(8-5-12)18-11-17(20-19-21-22-23-24(18)19)16-9-6-13(2)14(3)10-16/h4-10,17-18H,11H2,1-3H3,(H,20,21,23)/t17-,18+/m1/s1. The lowest BCUT2D eigenvalue weighted by molar-refractivity contribution is 0.423. The van der Waals surface area contributed by atoms with Crippen molar-refractivity contribution in [1.29, 1.82) is 0 Å². The molecule has 0 amide bonds. The van der Waals surface area contributed by atoms with E-state index in [-0.39, 0.29) is 12.1 Å². The van der Waals surface area contributed by atoms with E-state index in [0.29, 0.717) is 0 Å². The number of fused-ring (bicyclic) bond motifs is 1. The number of anilines is 1. The van der Waals surface area contributed by atoms with Crippen LogP contribution in [-0.4, -0.2) is 20.2 Å². The first-order valence-corrected chi connectivity index (χ1v) is 8.30. The zero-order valence-corrected chi connectivity index (χ0v) is 14.2.